The van der Waals surface area contributed by atoms with Crippen LogP contribution in [0.4, 0.5) is 0 Å². The van der Waals surface area contributed by atoms with E-state index in [1.54, 1.807) is 17.8 Å². The lowest BCUT2D eigenvalue weighted by molar-refractivity contribution is 0.120. The fraction of sp³-hybridized carbons (Fsp3) is 0.571. The van der Waals surface area contributed by atoms with Crippen molar-refractivity contribution in [3.05, 3.63) is 18.4 Å². The monoisotopic (exact) mass is 142 g/mol. The smallest absolute Gasteiger partial charge is 0.0998 e. The van der Waals surface area contributed by atoms with E-state index in [9.17, 15) is 5.11 Å². The van der Waals surface area contributed by atoms with E-state index in [-0.39, 0.29) is 0 Å². The van der Waals surface area contributed by atoms with Gasteiger partial charge in [0.2, 0.25) is 0 Å². The Morgan fingerprint density at radius 2 is 2.56 bits per heavy atom. The zero-order valence-electron chi connectivity index (χ0n) is 5.26. The maximum Gasteiger partial charge on any atom is 0.0998 e. The number of hydrogen-bond acceptors (Lipinski definition) is 2. The molecule has 1 N–H and O–H groups in total. The highest BCUT2D eigenvalue weighted by molar-refractivity contribution is 7.99. The first-order chi connectivity index (χ1) is 4.27. The predicted molar refractivity (Wildman–Crippen MR) is 40.6 cm³/mol. The van der Waals surface area contributed by atoms with Crippen LogP contribution < -0.4 is 0 Å². The van der Waals surface area contributed by atoms with E-state index in [0.29, 0.717) is 0 Å². The van der Waals surface area contributed by atoms with Crippen LogP contribution >= 0.6 is 11.8 Å². The predicted octanol–water partition coefficient (Wildman–Crippen LogP) is 1.20. The van der Waals surface area contributed by atoms with E-state index in [0.717, 1.165) is 17.9 Å². The second-order valence-electron chi connectivity index (χ2n) is 2.25. The van der Waals surface area contributed by atoms with Crippen molar-refractivity contribution >= 4 is 11.8 Å². The highest BCUT2D eigenvalue weighted by atomic mass is 32.2. The lowest BCUT2D eigenvalue weighted by atomic mass is 10.0. The third-order valence-corrected chi connectivity index (χ3v) is 2.60. The van der Waals surface area contributed by atoms with Gasteiger partial charge in [-0.3, -0.25) is 0 Å². The molecule has 0 amide bonds. The summed E-state index contributed by atoms with van der Waals surface area (Å²) in [6, 6.07) is 0. The van der Waals surface area contributed by atoms with Gasteiger partial charge >= 0.3 is 0 Å². The topological polar surface area (TPSA) is 20.2 Å². The summed E-state index contributed by atoms with van der Waals surface area (Å²) in [5.74, 6) is 1.85. The van der Waals surface area contributed by atoms with Gasteiger partial charge in [0, 0.05) is 5.75 Å². The van der Waals surface area contributed by atoms with Crippen molar-refractivity contribution in [2.45, 2.75) is 12.0 Å². The summed E-state index contributed by atoms with van der Waals surface area (Å²) in [6.45, 7) is 3.42. The van der Waals surface area contributed by atoms with Crippen molar-refractivity contribution in [3.8, 4) is 0 Å². The first-order valence-electron chi connectivity index (χ1n) is 2.94. The van der Waals surface area contributed by atoms with Gasteiger partial charge < -0.3 is 5.11 Å². The van der Waals surface area contributed by atoms with Gasteiger partial charge in [0.15, 0.2) is 0 Å². The van der Waals surface area contributed by atoms with Crippen molar-refractivity contribution in [3.63, 3.8) is 0 Å². The van der Waals surface area contributed by atoms with E-state index in [1.165, 1.54) is 0 Å². The Morgan fingerprint density at radius 3 is 3.00 bits per heavy atom. The molecule has 1 aliphatic rings. The van der Waals surface area contributed by atoms with Crippen LogP contribution in [0.15, 0.2) is 18.4 Å². The Bertz CT molecular complexity index is 141. The summed E-state index contributed by atoms with van der Waals surface area (Å²) in [5, 5.41) is 9.51. The lowest BCUT2D eigenvalue weighted by Gasteiger charge is -2.13. The molecule has 0 radical (unpaired) electrons. The van der Waals surface area contributed by atoms with Gasteiger partial charge in [-0.15, -0.1) is 5.73 Å². The van der Waals surface area contributed by atoms with Gasteiger partial charge in [-0.25, -0.2) is 0 Å². The Hall–Kier alpha value is -0.170. The van der Waals surface area contributed by atoms with E-state index in [2.05, 4.69) is 12.3 Å². The van der Waals surface area contributed by atoms with E-state index < -0.39 is 5.60 Å². The second-order valence-corrected chi connectivity index (χ2v) is 3.36. The van der Waals surface area contributed by atoms with Crippen LogP contribution in [0.1, 0.15) is 6.42 Å². The van der Waals surface area contributed by atoms with Crippen molar-refractivity contribution in [1.29, 1.82) is 0 Å². The highest BCUT2D eigenvalue weighted by Gasteiger charge is 2.28. The lowest BCUT2D eigenvalue weighted by Crippen LogP contribution is -2.23. The minimum Gasteiger partial charge on any atom is -0.384 e. The van der Waals surface area contributed by atoms with Crippen molar-refractivity contribution in [2.75, 3.05) is 11.5 Å². The van der Waals surface area contributed by atoms with Crippen LogP contribution in [0, 0.1) is 0 Å². The molecule has 1 fully saturated rings. The molecule has 1 aliphatic heterocycles. The van der Waals surface area contributed by atoms with Crippen LogP contribution in [0.2, 0.25) is 0 Å². The average Bonchev–Trinajstić information content (AvgIpc) is 2.16. The molecule has 0 aromatic carbocycles. The Kier molecular flexibility index (Phi) is 2.01. The average molecular weight is 142 g/mol. The first kappa shape index (κ1) is 6.94. The summed E-state index contributed by atoms with van der Waals surface area (Å²) >= 11 is 1.77. The summed E-state index contributed by atoms with van der Waals surface area (Å²) in [6.07, 6.45) is 2.51. The standard InChI is InChI=1S/C7H10OS/c1-2-3-7(8)4-5-9-6-7/h3,8H,1,4-6H2. The summed E-state index contributed by atoms with van der Waals surface area (Å²) in [5.41, 5.74) is 2.02. The summed E-state index contributed by atoms with van der Waals surface area (Å²) in [7, 11) is 0. The van der Waals surface area contributed by atoms with E-state index in [1.807, 2.05) is 0 Å². The molecule has 9 heavy (non-hydrogen) atoms. The van der Waals surface area contributed by atoms with Crippen molar-refractivity contribution < 1.29 is 5.11 Å². The van der Waals surface area contributed by atoms with Crippen LogP contribution in [-0.4, -0.2) is 22.2 Å². The largest absolute Gasteiger partial charge is 0.384 e. The molecular weight excluding hydrogens is 132 g/mol. The molecule has 0 aromatic heterocycles. The molecule has 0 bridgehead atoms. The zero-order chi connectivity index (χ0) is 6.74. The third kappa shape index (κ3) is 1.62. The SMILES string of the molecule is C=C=CC1(O)CCSC1. The maximum atomic E-state index is 9.51. The van der Waals surface area contributed by atoms with Gasteiger partial charge in [0.1, 0.15) is 0 Å². The first-order valence-corrected chi connectivity index (χ1v) is 4.09. The molecule has 1 nitrogen and oxygen atoms in total. The minimum absolute atomic E-state index is 0.591. The van der Waals surface area contributed by atoms with Crippen LogP contribution in [-0.2, 0) is 0 Å². The van der Waals surface area contributed by atoms with Gasteiger partial charge in [-0.05, 0) is 18.2 Å². The highest BCUT2D eigenvalue weighted by Crippen LogP contribution is 2.28. The Labute approximate surface area is 59.5 Å². The number of hydrogen-bond donors (Lipinski definition) is 1. The molecule has 50 valence electrons. The summed E-state index contributed by atoms with van der Waals surface area (Å²) < 4.78 is 0. The molecular formula is C7H10OS. The molecule has 1 saturated heterocycles. The molecule has 0 spiro atoms. The number of rotatable bonds is 1. The molecule has 1 unspecified atom stereocenters. The molecule has 1 heterocycles. The van der Waals surface area contributed by atoms with Crippen LogP contribution in [0.3, 0.4) is 0 Å². The molecule has 0 aromatic rings. The number of thioether (sulfide) groups is 1. The Morgan fingerprint density at radius 1 is 1.78 bits per heavy atom. The molecule has 2 heteroatoms. The van der Waals surface area contributed by atoms with Gasteiger partial charge in [-0.1, -0.05) is 6.58 Å². The Balaban J connectivity index is 2.61. The quantitative estimate of drug-likeness (QED) is 0.555. The van der Waals surface area contributed by atoms with E-state index in [4.69, 9.17) is 0 Å². The van der Waals surface area contributed by atoms with Crippen LogP contribution in [0.5, 0.6) is 0 Å². The molecule has 0 aliphatic carbocycles. The third-order valence-electron chi connectivity index (χ3n) is 1.40. The number of aliphatic hydroxyl groups is 1. The van der Waals surface area contributed by atoms with Gasteiger partial charge in [0.05, 0.1) is 5.60 Å². The minimum atomic E-state index is -0.591. The fourth-order valence-electron chi connectivity index (χ4n) is 0.874. The molecule has 1 atom stereocenters. The molecule has 0 saturated carbocycles. The van der Waals surface area contributed by atoms with Crippen molar-refractivity contribution in [2.24, 2.45) is 0 Å². The summed E-state index contributed by atoms with van der Waals surface area (Å²) in [4.78, 5) is 0. The fourth-order valence-corrected chi connectivity index (χ4v) is 2.10. The normalized spacial score (nSPS) is 33.9. The zero-order valence-corrected chi connectivity index (χ0v) is 6.08. The second kappa shape index (κ2) is 2.61. The maximum absolute atomic E-state index is 9.51. The van der Waals surface area contributed by atoms with E-state index >= 15 is 0 Å². The molecule has 1 rings (SSSR count). The van der Waals surface area contributed by atoms with Crippen molar-refractivity contribution in [1.82, 2.24) is 0 Å². The van der Waals surface area contributed by atoms with Gasteiger partial charge in [-0.2, -0.15) is 11.8 Å². The van der Waals surface area contributed by atoms with Crippen LogP contribution in [0.25, 0.3) is 0 Å². The van der Waals surface area contributed by atoms with Gasteiger partial charge in [0.25, 0.3) is 0 Å².